The minimum Gasteiger partial charge on any atom is -0.494 e. The highest BCUT2D eigenvalue weighted by molar-refractivity contribution is 9.10. The maximum absolute atomic E-state index is 11.9. The number of halogens is 1. The van der Waals surface area contributed by atoms with Crippen molar-refractivity contribution in [3.63, 3.8) is 0 Å². The van der Waals surface area contributed by atoms with E-state index in [-0.39, 0.29) is 12.0 Å². The Balaban J connectivity index is 1.32. The first-order valence-electron chi connectivity index (χ1n) is 8.24. The second-order valence-corrected chi connectivity index (χ2v) is 6.63. The Bertz CT molecular complexity index is 722. The van der Waals surface area contributed by atoms with Crippen LogP contribution >= 0.6 is 15.9 Å². The van der Waals surface area contributed by atoms with Crippen LogP contribution in [-0.4, -0.2) is 31.8 Å². The third-order valence-electron chi connectivity index (χ3n) is 3.71. The molecule has 0 unspecified atom stereocenters. The minimum atomic E-state index is -0.170. The van der Waals surface area contributed by atoms with Gasteiger partial charge in [0, 0.05) is 10.9 Å². The van der Waals surface area contributed by atoms with Crippen LogP contribution in [0.2, 0.25) is 0 Å². The van der Waals surface area contributed by atoms with Gasteiger partial charge in [-0.3, -0.25) is 4.79 Å². The molecule has 0 saturated heterocycles. The van der Waals surface area contributed by atoms with Crippen LogP contribution < -0.4 is 19.5 Å². The monoisotopic (exact) mass is 405 g/mol. The Kier molecular flexibility index (Phi) is 6.17. The zero-order chi connectivity index (χ0) is 17.5. The van der Waals surface area contributed by atoms with Crippen molar-refractivity contribution >= 4 is 21.8 Å². The standard InChI is InChI=1S/C19H20BrNO4/c20-14-5-3-6-15(11-14)23-10-4-9-19(22)21-12-16-13-24-17-7-1-2-8-18(17)25-16/h1-3,5-8,11,16H,4,9-10,12-13H2,(H,21,22)/t16-/m0/s1. The second kappa shape index (κ2) is 8.76. The fraction of sp³-hybridized carbons (Fsp3) is 0.316. The Morgan fingerprint density at radius 3 is 2.88 bits per heavy atom. The predicted molar refractivity (Wildman–Crippen MR) is 98.2 cm³/mol. The van der Waals surface area contributed by atoms with Gasteiger partial charge in [0.2, 0.25) is 5.91 Å². The van der Waals surface area contributed by atoms with E-state index in [4.69, 9.17) is 14.2 Å². The van der Waals surface area contributed by atoms with Crippen LogP contribution in [0.25, 0.3) is 0 Å². The van der Waals surface area contributed by atoms with Gasteiger partial charge in [-0.05, 0) is 36.8 Å². The molecule has 0 radical (unpaired) electrons. The molecule has 0 bridgehead atoms. The normalized spacial score (nSPS) is 15.5. The molecular formula is C19H20BrNO4. The zero-order valence-corrected chi connectivity index (χ0v) is 15.3. The lowest BCUT2D eigenvalue weighted by atomic mass is 10.2. The van der Waals surface area contributed by atoms with Gasteiger partial charge in [0.05, 0.1) is 13.2 Å². The van der Waals surface area contributed by atoms with Crippen molar-refractivity contribution in [3.05, 3.63) is 53.0 Å². The molecule has 3 rings (SSSR count). The number of carbonyl (C=O) groups excluding carboxylic acids is 1. The molecule has 1 N–H and O–H groups in total. The lowest BCUT2D eigenvalue weighted by molar-refractivity contribution is -0.121. The first-order valence-corrected chi connectivity index (χ1v) is 9.03. The van der Waals surface area contributed by atoms with E-state index in [1.165, 1.54) is 0 Å². The van der Waals surface area contributed by atoms with Crippen LogP contribution in [0.3, 0.4) is 0 Å². The van der Waals surface area contributed by atoms with Gasteiger partial charge in [0.25, 0.3) is 0 Å². The molecular weight excluding hydrogens is 386 g/mol. The van der Waals surface area contributed by atoms with Crippen LogP contribution in [0.4, 0.5) is 0 Å². The van der Waals surface area contributed by atoms with Gasteiger partial charge in [-0.1, -0.05) is 34.1 Å². The number of hydrogen-bond acceptors (Lipinski definition) is 4. The smallest absolute Gasteiger partial charge is 0.220 e. The molecule has 1 aliphatic rings. The third-order valence-corrected chi connectivity index (χ3v) is 4.20. The SMILES string of the molecule is O=C(CCCOc1cccc(Br)c1)NC[C@H]1COc2ccccc2O1. The number of fused-ring (bicyclic) bond motifs is 1. The Morgan fingerprint density at radius 2 is 2.04 bits per heavy atom. The van der Waals surface area contributed by atoms with Gasteiger partial charge < -0.3 is 19.5 Å². The van der Waals surface area contributed by atoms with Crippen molar-refractivity contribution in [1.29, 1.82) is 0 Å². The second-order valence-electron chi connectivity index (χ2n) is 5.71. The summed E-state index contributed by atoms with van der Waals surface area (Å²) in [5.74, 6) is 2.24. The summed E-state index contributed by atoms with van der Waals surface area (Å²) < 4.78 is 18.0. The molecule has 0 fully saturated rings. The highest BCUT2D eigenvalue weighted by Crippen LogP contribution is 2.30. The molecule has 2 aromatic rings. The van der Waals surface area contributed by atoms with Crippen molar-refractivity contribution < 1.29 is 19.0 Å². The van der Waals surface area contributed by atoms with Gasteiger partial charge in [-0.2, -0.15) is 0 Å². The maximum Gasteiger partial charge on any atom is 0.220 e. The van der Waals surface area contributed by atoms with Gasteiger partial charge >= 0.3 is 0 Å². The first kappa shape index (κ1) is 17.6. The molecule has 0 spiro atoms. The summed E-state index contributed by atoms with van der Waals surface area (Å²) in [6.45, 7) is 1.36. The summed E-state index contributed by atoms with van der Waals surface area (Å²) >= 11 is 3.40. The number of carbonyl (C=O) groups is 1. The molecule has 1 atom stereocenters. The number of benzene rings is 2. The first-order chi connectivity index (χ1) is 12.2. The molecule has 0 saturated carbocycles. The van der Waals surface area contributed by atoms with Gasteiger partial charge in [-0.25, -0.2) is 0 Å². The number of amides is 1. The topological polar surface area (TPSA) is 56.8 Å². The average molecular weight is 406 g/mol. The summed E-state index contributed by atoms with van der Waals surface area (Å²) in [4.78, 5) is 11.9. The maximum atomic E-state index is 11.9. The zero-order valence-electron chi connectivity index (χ0n) is 13.7. The number of ether oxygens (including phenoxy) is 3. The quantitative estimate of drug-likeness (QED) is 0.715. The van der Waals surface area contributed by atoms with Crippen molar-refractivity contribution in [3.8, 4) is 17.2 Å². The van der Waals surface area contributed by atoms with Crippen molar-refractivity contribution in [1.82, 2.24) is 5.32 Å². The van der Waals surface area contributed by atoms with Crippen molar-refractivity contribution in [2.24, 2.45) is 0 Å². The number of rotatable bonds is 7. The van der Waals surface area contributed by atoms with Crippen molar-refractivity contribution in [2.75, 3.05) is 19.8 Å². The molecule has 1 heterocycles. The Morgan fingerprint density at radius 1 is 1.20 bits per heavy atom. The van der Waals surface area contributed by atoms with E-state index in [2.05, 4.69) is 21.2 Å². The molecule has 6 heteroatoms. The van der Waals surface area contributed by atoms with E-state index in [1.54, 1.807) is 0 Å². The molecule has 1 amide bonds. The highest BCUT2D eigenvalue weighted by atomic mass is 79.9. The molecule has 5 nitrogen and oxygen atoms in total. The summed E-state index contributed by atoms with van der Waals surface area (Å²) in [5.41, 5.74) is 0. The Hall–Kier alpha value is -2.21. The van der Waals surface area contributed by atoms with Crippen LogP contribution in [0.5, 0.6) is 17.2 Å². The van der Waals surface area contributed by atoms with Gasteiger partial charge in [0.15, 0.2) is 11.5 Å². The molecule has 25 heavy (non-hydrogen) atoms. The van der Waals surface area contributed by atoms with Crippen LogP contribution in [0.1, 0.15) is 12.8 Å². The average Bonchev–Trinajstić information content (AvgIpc) is 2.63. The summed E-state index contributed by atoms with van der Waals surface area (Å²) in [7, 11) is 0. The van der Waals surface area contributed by atoms with E-state index in [9.17, 15) is 4.79 Å². The highest BCUT2D eigenvalue weighted by Gasteiger charge is 2.20. The van der Waals surface area contributed by atoms with E-state index >= 15 is 0 Å². The van der Waals surface area contributed by atoms with E-state index < -0.39 is 0 Å². The number of para-hydroxylation sites is 2. The Labute approximate surface area is 155 Å². The largest absolute Gasteiger partial charge is 0.494 e. The third kappa shape index (κ3) is 5.39. The van der Waals surface area contributed by atoms with Gasteiger partial charge in [0.1, 0.15) is 18.5 Å². The van der Waals surface area contributed by atoms with Crippen LogP contribution in [-0.2, 0) is 4.79 Å². The lowest BCUT2D eigenvalue weighted by Gasteiger charge is -2.26. The van der Waals surface area contributed by atoms with Crippen molar-refractivity contribution in [2.45, 2.75) is 18.9 Å². The van der Waals surface area contributed by atoms with E-state index in [0.717, 1.165) is 21.7 Å². The molecule has 2 aromatic carbocycles. The lowest BCUT2D eigenvalue weighted by Crippen LogP contribution is -2.40. The molecule has 0 aliphatic carbocycles. The molecule has 0 aromatic heterocycles. The van der Waals surface area contributed by atoms with Crippen LogP contribution in [0, 0.1) is 0 Å². The van der Waals surface area contributed by atoms with Crippen LogP contribution in [0.15, 0.2) is 53.0 Å². The van der Waals surface area contributed by atoms with E-state index in [1.807, 2.05) is 48.5 Å². The fourth-order valence-corrected chi connectivity index (χ4v) is 2.84. The molecule has 132 valence electrons. The number of nitrogens with one attached hydrogen (secondary N) is 1. The minimum absolute atomic E-state index is 0.0136. The predicted octanol–water partition coefficient (Wildman–Crippen LogP) is 3.56. The number of hydrogen-bond donors (Lipinski definition) is 1. The summed E-state index contributed by atoms with van der Waals surface area (Å²) in [6, 6.07) is 15.2. The van der Waals surface area contributed by atoms with Gasteiger partial charge in [-0.15, -0.1) is 0 Å². The summed E-state index contributed by atoms with van der Waals surface area (Å²) in [6.07, 6.45) is 0.901. The molecule has 1 aliphatic heterocycles. The van der Waals surface area contributed by atoms with E-state index in [0.29, 0.717) is 32.6 Å². The summed E-state index contributed by atoms with van der Waals surface area (Å²) in [5, 5.41) is 2.88. The fourth-order valence-electron chi connectivity index (χ4n) is 2.46.